The third-order valence-electron chi connectivity index (χ3n) is 2.98. The van der Waals surface area contributed by atoms with Crippen molar-refractivity contribution in [1.29, 1.82) is 0 Å². The van der Waals surface area contributed by atoms with Crippen LogP contribution in [0.15, 0.2) is 42.5 Å². The van der Waals surface area contributed by atoms with Crippen molar-refractivity contribution >= 4 is 28.9 Å². The first-order chi connectivity index (χ1) is 9.49. The number of nitro groups is 1. The van der Waals surface area contributed by atoms with Crippen LogP contribution >= 0.6 is 23.2 Å². The molecule has 4 nitrogen and oxygen atoms in total. The fraction of sp³-hybridized carbons (Fsp3) is 0.143. The maximum Gasteiger partial charge on any atom is 0.269 e. The Morgan fingerprint density at radius 1 is 1.15 bits per heavy atom. The Balaban J connectivity index is 2.17. The molecule has 1 atom stereocenters. The number of hydrogen-bond donors (Lipinski definition) is 1. The smallest absolute Gasteiger partial charge is 0.269 e. The molecule has 0 aliphatic rings. The van der Waals surface area contributed by atoms with Crippen molar-refractivity contribution in [3.05, 3.63) is 73.8 Å². The van der Waals surface area contributed by atoms with Crippen LogP contribution in [-0.4, -0.2) is 4.92 Å². The fourth-order valence-corrected chi connectivity index (χ4v) is 2.37. The van der Waals surface area contributed by atoms with E-state index in [2.05, 4.69) is 0 Å². The van der Waals surface area contributed by atoms with E-state index < -0.39 is 4.92 Å². The van der Waals surface area contributed by atoms with Gasteiger partial charge in [0, 0.05) is 18.2 Å². The standard InChI is InChI=1S/C14H12Cl2N2O2/c15-12-3-1-2-11(14(12)16)13(17)8-9-4-6-10(7-5-9)18(19)20/h1-7,13H,8,17H2. The van der Waals surface area contributed by atoms with Crippen molar-refractivity contribution in [2.45, 2.75) is 12.5 Å². The highest BCUT2D eigenvalue weighted by atomic mass is 35.5. The van der Waals surface area contributed by atoms with Gasteiger partial charge in [0.05, 0.1) is 15.0 Å². The minimum atomic E-state index is -0.433. The third kappa shape index (κ3) is 3.28. The molecule has 0 amide bonds. The second-order valence-electron chi connectivity index (χ2n) is 4.38. The molecule has 0 aromatic heterocycles. The number of non-ortho nitro benzene ring substituents is 1. The van der Waals surface area contributed by atoms with Crippen molar-refractivity contribution in [3.63, 3.8) is 0 Å². The van der Waals surface area contributed by atoms with Gasteiger partial charge in [-0.15, -0.1) is 0 Å². The van der Waals surface area contributed by atoms with Gasteiger partial charge in [-0.25, -0.2) is 0 Å². The Morgan fingerprint density at radius 3 is 2.40 bits per heavy atom. The first-order valence-corrected chi connectivity index (χ1v) is 6.67. The highest BCUT2D eigenvalue weighted by molar-refractivity contribution is 6.42. The van der Waals surface area contributed by atoms with Crippen LogP contribution in [0.3, 0.4) is 0 Å². The normalized spacial score (nSPS) is 12.2. The lowest BCUT2D eigenvalue weighted by Gasteiger charge is -2.14. The van der Waals surface area contributed by atoms with Gasteiger partial charge in [0.15, 0.2) is 0 Å². The molecule has 2 rings (SSSR count). The van der Waals surface area contributed by atoms with Crippen LogP contribution in [0.25, 0.3) is 0 Å². The average molecular weight is 311 g/mol. The van der Waals surface area contributed by atoms with Gasteiger partial charge in [-0.3, -0.25) is 10.1 Å². The number of nitro benzene ring substituents is 1. The molecule has 104 valence electrons. The summed E-state index contributed by atoms with van der Waals surface area (Å²) in [5, 5.41) is 11.5. The zero-order valence-corrected chi connectivity index (χ0v) is 11.9. The molecule has 0 fully saturated rings. The summed E-state index contributed by atoms with van der Waals surface area (Å²) in [5.74, 6) is 0. The van der Waals surface area contributed by atoms with Crippen LogP contribution < -0.4 is 5.73 Å². The van der Waals surface area contributed by atoms with Gasteiger partial charge in [-0.05, 0) is 23.6 Å². The summed E-state index contributed by atoms with van der Waals surface area (Å²) >= 11 is 12.1. The zero-order chi connectivity index (χ0) is 14.7. The fourth-order valence-electron chi connectivity index (χ4n) is 1.92. The van der Waals surface area contributed by atoms with E-state index in [1.165, 1.54) is 12.1 Å². The predicted molar refractivity (Wildman–Crippen MR) is 80.2 cm³/mol. The van der Waals surface area contributed by atoms with Crippen molar-refractivity contribution in [3.8, 4) is 0 Å². The number of nitrogens with two attached hydrogens (primary N) is 1. The monoisotopic (exact) mass is 310 g/mol. The van der Waals surface area contributed by atoms with Crippen LogP contribution in [0.1, 0.15) is 17.2 Å². The maximum atomic E-state index is 10.6. The maximum absolute atomic E-state index is 10.6. The lowest BCUT2D eigenvalue weighted by atomic mass is 9.99. The topological polar surface area (TPSA) is 69.2 Å². The summed E-state index contributed by atoms with van der Waals surface area (Å²) in [4.78, 5) is 10.2. The molecule has 0 bridgehead atoms. The molecule has 0 saturated heterocycles. The van der Waals surface area contributed by atoms with Crippen molar-refractivity contribution in [1.82, 2.24) is 0 Å². The SMILES string of the molecule is NC(Cc1ccc([N+](=O)[O-])cc1)c1cccc(Cl)c1Cl. The largest absolute Gasteiger partial charge is 0.324 e. The van der Waals surface area contributed by atoms with Gasteiger partial charge >= 0.3 is 0 Å². The summed E-state index contributed by atoms with van der Waals surface area (Å²) < 4.78 is 0. The average Bonchev–Trinajstić information content (AvgIpc) is 2.42. The third-order valence-corrected chi connectivity index (χ3v) is 3.82. The quantitative estimate of drug-likeness (QED) is 0.681. The van der Waals surface area contributed by atoms with Crippen LogP contribution in [0, 0.1) is 10.1 Å². The summed E-state index contributed by atoms with van der Waals surface area (Å²) in [6, 6.07) is 11.3. The molecular weight excluding hydrogens is 299 g/mol. The Bertz CT molecular complexity index is 630. The highest BCUT2D eigenvalue weighted by Gasteiger charge is 2.13. The lowest BCUT2D eigenvalue weighted by Crippen LogP contribution is -2.14. The van der Waals surface area contributed by atoms with E-state index in [-0.39, 0.29) is 11.7 Å². The molecule has 0 aliphatic heterocycles. The molecule has 20 heavy (non-hydrogen) atoms. The van der Waals surface area contributed by atoms with E-state index in [1.54, 1.807) is 24.3 Å². The van der Waals surface area contributed by atoms with E-state index in [0.717, 1.165) is 11.1 Å². The van der Waals surface area contributed by atoms with Crippen molar-refractivity contribution < 1.29 is 4.92 Å². The van der Waals surface area contributed by atoms with Crippen LogP contribution in [0.4, 0.5) is 5.69 Å². The Hall–Kier alpha value is -1.62. The van der Waals surface area contributed by atoms with E-state index in [0.29, 0.717) is 16.5 Å². The van der Waals surface area contributed by atoms with Gasteiger partial charge in [0.2, 0.25) is 0 Å². The molecule has 2 aromatic carbocycles. The van der Waals surface area contributed by atoms with Gasteiger partial charge in [-0.1, -0.05) is 47.5 Å². The first-order valence-electron chi connectivity index (χ1n) is 5.92. The number of nitrogens with zero attached hydrogens (tertiary/aromatic N) is 1. The van der Waals surface area contributed by atoms with E-state index >= 15 is 0 Å². The summed E-state index contributed by atoms with van der Waals surface area (Å²) in [6.45, 7) is 0. The van der Waals surface area contributed by atoms with E-state index in [1.807, 2.05) is 6.07 Å². The van der Waals surface area contributed by atoms with Crippen LogP contribution in [0.2, 0.25) is 10.0 Å². The van der Waals surface area contributed by atoms with Crippen LogP contribution in [-0.2, 0) is 6.42 Å². The predicted octanol–water partition coefficient (Wildman–Crippen LogP) is 4.14. The number of halogens is 2. The molecule has 0 aliphatic carbocycles. The summed E-state index contributed by atoms with van der Waals surface area (Å²) in [7, 11) is 0. The number of rotatable bonds is 4. The zero-order valence-electron chi connectivity index (χ0n) is 10.4. The molecule has 0 spiro atoms. The van der Waals surface area contributed by atoms with Gasteiger partial charge in [-0.2, -0.15) is 0 Å². The molecular formula is C14H12Cl2N2O2. The molecule has 0 radical (unpaired) electrons. The van der Waals surface area contributed by atoms with E-state index in [4.69, 9.17) is 28.9 Å². The molecule has 1 unspecified atom stereocenters. The van der Waals surface area contributed by atoms with Crippen molar-refractivity contribution in [2.75, 3.05) is 0 Å². The minimum absolute atomic E-state index is 0.0584. The lowest BCUT2D eigenvalue weighted by molar-refractivity contribution is -0.384. The Kier molecular flexibility index (Phi) is 4.60. The minimum Gasteiger partial charge on any atom is -0.324 e. The molecule has 6 heteroatoms. The first kappa shape index (κ1) is 14.8. The van der Waals surface area contributed by atoms with Gasteiger partial charge in [0.25, 0.3) is 5.69 Å². The number of hydrogen-bond acceptors (Lipinski definition) is 3. The molecule has 2 aromatic rings. The summed E-state index contributed by atoms with van der Waals surface area (Å²) in [6.07, 6.45) is 0.526. The highest BCUT2D eigenvalue weighted by Crippen LogP contribution is 2.30. The van der Waals surface area contributed by atoms with Crippen molar-refractivity contribution in [2.24, 2.45) is 5.73 Å². The number of benzene rings is 2. The van der Waals surface area contributed by atoms with E-state index in [9.17, 15) is 10.1 Å². The van der Waals surface area contributed by atoms with Gasteiger partial charge < -0.3 is 5.73 Å². The molecule has 2 N–H and O–H groups in total. The second kappa shape index (κ2) is 6.22. The summed E-state index contributed by atoms with van der Waals surface area (Å²) in [5.41, 5.74) is 7.84. The molecule has 0 heterocycles. The van der Waals surface area contributed by atoms with Gasteiger partial charge in [0.1, 0.15) is 0 Å². The Labute approximate surface area is 126 Å². The molecule has 0 saturated carbocycles. The Morgan fingerprint density at radius 2 is 1.80 bits per heavy atom. The second-order valence-corrected chi connectivity index (χ2v) is 5.16. The van der Waals surface area contributed by atoms with Crippen LogP contribution in [0.5, 0.6) is 0 Å².